The first-order valence-electron chi connectivity index (χ1n) is 9.39. The van der Waals surface area contributed by atoms with E-state index in [-0.39, 0.29) is 0 Å². The van der Waals surface area contributed by atoms with Crippen molar-refractivity contribution in [3.8, 4) is 5.75 Å². The zero-order valence-electron chi connectivity index (χ0n) is 15.2. The number of piperidine rings is 1. The number of rotatable bonds is 4. The van der Waals surface area contributed by atoms with Crippen LogP contribution in [0, 0.1) is 17.8 Å². The van der Waals surface area contributed by atoms with E-state index >= 15 is 0 Å². The molecule has 132 valence electrons. The zero-order valence-corrected chi connectivity index (χ0v) is 15.2. The number of ether oxygens (including phenoxy) is 1. The number of likely N-dealkylation sites (tertiary alicyclic amines) is 1. The summed E-state index contributed by atoms with van der Waals surface area (Å²) in [5.41, 5.74) is 2.73. The Morgan fingerprint density at radius 3 is 2.52 bits per heavy atom. The van der Waals surface area contributed by atoms with Crippen LogP contribution in [0.1, 0.15) is 24.1 Å². The number of nitrogens with one attached hydrogen (secondary N) is 1. The van der Waals surface area contributed by atoms with Gasteiger partial charge >= 0.3 is 0 Å². The third-order valence-electron chi connectivity index (χ3n) is 6.05. The van der Waals surface area contributed by atoms with Crippen molar-refractivity contribution >= 4 is 0 Å². The average Bonchev–Trinajstić information content (AvgIpc) is 3.08. The van der Waals surface area contributed by atoms with E-state index in [0.29, 0.717) is 12.0 Å². The molecule has 4 rings (SSSR count). The molecule has 2 aromatic rings. The third-order valence-corrected chi connectivity index (χ3v) is 6.05. The lowest BCUT2D eigenvalue weighted by Gasteiger charge is -2.38. The normalized spacial score (nSPS) is 29.4. The van der Waals surface area contributed by atoms with Gasteiger partial charge in [0.1, 0.15) is 5.75 Å². The maximum Gasteiger partial charge on any atom is 0.123 e. The fraction of sp³-hybridized carbons (Fsp3) is 0.455. The predicted octanol–water partition coefficient (Wildman–Crippen LogP) is 3.72. The Morgan fingerprint density at radius 1 is 1.00 bits per heavy atom. The highest BCUT2D eigenvalue weighted by Crippen LogP contribution is 2.42. The Labute approximate surface area is 151 Å². The summed E-state index contributed by atoms with van der Waals surface area (Å²) in [5.74, 6) is 3.18. The number of hydrogen-bond donors (Lipinski definition) is 1. The molecule has 0 radical (unpaired) electrons. The van der Waals surface area contributed by atoms with Crippen LogP contribution < -0.4 is 10.1 Å². The van der Waals surface area contributed by atoms with Gasteiger partial charge in [0.05, 0.1) is 7.11 Å². The summed E-state index contributed by atoms with van der Waals surface area (Å²) < 4.78 is 5.55. The molecule has 0 aliphatic carbocycles. The molecule has 0 amide bonds. The summed E-state index contributed by atoms with van der Waals surface area (Å²) in [4.78, 5) is 2.62. The molecule has 0 saturated carbocycles. The third kappa shape index (κ3) is 3.31. The Hall–Kier alpha value is -1.84. The van der Waals surface area contributed by atoms with Crippen molar-refractivity contribution in [2.24, 2.45) is 17.8 Å². The summed E-state index contributed by atoms with van der Waals surface area (Å²) in [6.07, 6.45) is 0. The lowest BCUT2D eigenvalue weighted by atomic mass is 9.75. The molecule has 2 aliphatic heterocycles. The van der Waals surface area contributed by atoms with Crippen LogP contribution in [0.15, 0.2) is 54.6 Å². The minimum absolute atomic E-state index is 0.477. The number of methoxy groups -OCH3 is 1. The molecule has 0 bridgehead atoms. The van der Waals surface area contributed by atoms with Gasteiger partial charge in [0.15, 0.2) is 0 Å². The van der Waals surface area contributed by atoms with Crippen LogP contribution in [0.4, 0.5) is 0 Å². The highest BCUT2D eigenvalue weighted by atomic mass is 16.5. The van der Waals surface area contributed by atoms with Crippen LogP contribution in [0.3, 0.4) is 0 Å². The largest absolute Gasteiger partial charge is 0.496 e. The molecular formula is C22H28N2O. The van der Waals surface area contributed by atoms with Gasteiger partial charge in [-0.2, -0.15) is 0 Å². The maximum atomic E-state index is 5.55. The number of benzene rings is 2. The van der Waals surface area contributed by atoms with Crippen LogP contribution in [0.25, 0.3) is 0 Å². The molecule has 2 saturated heterocycles. The lowest BCUT2D eigenvalue weighted by molar-refractivity contribution is 0.177. The van der Waals surface area contributed by atoms with Crippen molar-refractivity contribution in [2.45, 2.75) is 19.5 Å². The van der Waals surface area contributed by atoms with Crippen LogP contribution in [-0.2, 0) is 6.54 Å². The molecular weight excluding hydrogens is 308 g/mol. The molecule has 0 spiro atoms. The van der Waals surface area contributed by atoms with Crippen LogP contribution in [0.5, 0.6) is 5.75 Å². The molecule has 2 aliphatic rings. The highest BCUT2D eigenvalue weighted by molar-refractivity contribution is 5.33. The van der Waals surface area contributed by atoms with E-state index in [4.69, 9.17) is 4.74 Å². The highest BCUT2D eigenvalue weighted by Gasteiger charge is 2.43. The molecule has 3 nitrogen and oxygen atoms in total. The first-order valence-corrected chi connectivity index (χ1v) is 9.39. The van der Waals surface area contributed by atoms with Crippen molar-refractivity contribution in [3.05, 3.63) is 65.7 Å². The second kappa shape index (κ2) is 7.19. The summed E-state index contributed by atoms with van der Waals surface area (Å²) in [6.45, 7) is 6.83. The van der Waals surface area contributed by atoms with Crippen molar-refractivity contribution in [3.63, 3.8) is 0 Å². The van der Waals surface area contributed by atoms with Crippen LogP contribution in [0.2, 0.25) is 0 Å². The predicted molar refractivity (Wildman–Crippen MR) is 102 cm³/mol. The van der Waals surface area contributed by atoms with E-state index in [1.807, 2.05) is 6.07 Å². The summed E-state index contributed by atoms with van der Waals surface area (Å²) >= 11 is 0. The molecule has 0 aromatic heterocycles. The van der Waals surface area contributed by atoms with E-state index in [9.17, 15) is 0 Å². The molecule has 25 heavy (non-hydrogen) atoms. The second-order valence-electron chi connectivity index (χ2n) is 7.61. The van der Waals surface area contributed by atoms with Gasteiger partial charge in [-0.1, -0.05) is 55.5 Å². The van der Waals surface area contributed by atoms with Gasteiger partial charge in [0, 0.05) is 31.2 Å². The second-order valence-corrected chi connectivity index (χ2v) is 7.61. The van der Waals surface area contributed by atoms with E-state index in [1.165, 1.54) is 17.7 Å². The molecule has 0 unspecified atom stereocenters. The number of nitrogens with zero attached hydrogens (tertiary/aromatic N) is 1. The Morgan fingerprint density at radius 2 is 1.72 bits per heavy atom. The summed E-state index contributed by atoms with van der Waals surface area (Å²) in [5, 5.41) is 3.81. The van der Waals surface area contributed by atoms with Gasteiger partial charge in [-0.25, -0.2) is 0 Å². The van der Waals surface area contributed by atoms with E-state index in [0.717, 1.165) is 37.2 Å². The van der Waals surface area contributed by atoms with Crippen molar-refractivity contribution in [1.82, 2.24) is 10.2 Å². The number of para-hydroxylation sites is 1. The SMILES string of the molecule is COc1ccccc1CN1C[C@@H]2[C@H](C1)[C@H](C)CN[C@@H]2c1ccccc1. The van der Waals surface area contributed by atoms with Gasteiger partial charge < -0.3 is 10.1 Å². The minimum Gasteiger partial charge on any atom is -0.496 e. The van der Waals surface area contributed by atoms with Gasteiger partial charge in [-0.3, -0.25) is 4.90 Å². The fourth-order valence-electron chi connectivity index (χ4n) is 4.74. The smallest absolute Gasteiger partial charge is 0.123 e. The topological polar surface area (TPSA) is 24.5 Å². The van der Waals surface area contributed by atoms with Gasteiger partial charge in [0.25, 0.3) is 0 Å². The molecule has 3 heteroatoms. The monoisotopic (exact) mass is 336 g/mol. The minimum atomic E-state index is 0.477. The Kier molecular flexibility index (Phi) is 4.78. The number of fused-ring (bicyclic) bond motifs is 1. The summed E-state index contributed by atoms with van der Waals surface area (Å²) in [6, 6.07) is 19.9. The molecule has 1 N–H and O–H groups in total. The molecule has 2 heterocycles. The van der Waals surface area contributed by atoms with Gasteiger partial charge in [-0.15, -0.1) is 0 Å². The lowest BCUT2D eigenvalue weighted by Crippen LogP contribution is -2.44. The van der Waals surface area contributed by atoms with Crippen LogP contribution >= 0.6 is 0 Å². The standard InChI is InChI=1S/C22H28N2O/c1-16-12-23-22(17-8-4-3-5-9-17)20-15-24(14-19(16)20)13-18-10-6-7-11-21(18)25-2/h3-11,16,19-20,22-23H,12-15H2,1-2H3/t16-,19-,20-,22-/m1/s1. The van der Waals surface area contributed by atoms with Gasteiger partial charge in [0.2, 0.25) is 0 Å². The quantitative estimate of drug-likeness (QED) is 0.921. The van der Waals surface area contributed by atoms with Gasteiger partial charge in [-0.05, 0) is 35.9 Å². The maximum absolute atomic E-state index is 5.55. The van der Waals surface area contributed by atoms with E-state index in [1.54, 1.807) is 7.11 Å². The first-order chi connectivity index (χ1) is 12.3. The fourth-order valence-corrected chi connectivity index (χ4v) is 4.74. The molecule has 2 aromatic carbocycles. The zero-order chi connectivity index (χ0) is 17.2. The number of hydrogen-bond acceptors (Lipinski definition) is 3. The molecule has 4 atom stereocenters. The van der Waals surface area contributed by atoms with Crippen molar-refractivity contribution < 1.29 is 4.74 Å². The van der Waals surface area contributed by atoms with E-state index < -0.39 is 0 Å². The van der Waals surface area contributed by atoms with Crippen LogP contribution in [-0.4, -0.2) is 31.6 Å². The van der Waals surface area contributed by atoms with Crippen molar-refractivity contribution in [1.29, 1.82) is 0 Å². The average molecular weight is 336 g/mol. The summed E-state index contributed by atoms with van der Waals surface area (Å²) in [7, 11) is 1.76. The molecule has 2 fully saturated rings. The first kappa shape index (κ1) is 16.6. The Balaban J connectivity index is 1.53. The van der Waals surface area contributed by atoms with E-state index in [2.05, 4.69) is 65.7 Å². The van der Waals surface area contributed by atoms with Crippen molar-refractivity contribution in [2.75, 3.05) is 26.7 Å². The Bertz CT molecular complexity index is 702.